The zero-order valence-corrected chi connectivity index (χ0v) is 9.54. The highest BCUT2D eigenvalue weighted by atomic mass is 16.5. The van der Waals surface area contributed by atoms with Crippen molar-refractivity contribution in [1.29, 1.82) is 0 Å². The number of aliphatic hydroxyl groups excluding tert-OH is 1. The first kappa shape index (κ1) is 15.4. The molecule has 0 aliphatic heterocycles. The molecule has 0 aromatic carbocycles. The minimum absolute atomic E-state index is 0.00463. The van der Waals surface area contributed by atoms with E-state index in [-0.39, 0.29) is 12.7 Å². The van der Waals surface area contributed by atoms with Gasteiger partial charge in [-0.25, -0.2) is 0 Å². The molecule has 0 amide bonds. The lowest BCUT2D eigenvalue weighted by atomic mass is 10.4. The van der Waals surface area contributed by atoms with Gasteiger partial charge in [-0.05, 0) is 34.6 Å². The highest BCUT2D eigenvalue weighted by Crippen LogP contribution is 1.84. The fraction of sp³-hybridized carbons (Fsp3) is 1.00. The predicted octanol–water partition coefficient (Wildman–Crippen LogP) is 1.83. The van der Waals surface area contributed by atoms with Crippen LogP contribution in [0.1, 0.15) is 34.6 Å². The maximum absolute atomic E-state index is 8.34. The average molecular weight is 192 g/mol. The van der Waals surface area contributed by atoms with Crippen molar-refractivity contribution in [3.8, 4) is 0 Å². The summed E-state index contributed by atoms with van der Waals surface area (Å²) in [6, 6.07) is 0. The third-order valence-corrected chi connectivity index (χ3v) is 1.21. The van der Waals surface area contributed by atoms with Gasteiger partial charge in [-0.1, -0.05) is 0 Å². The smallest absolute Gasteiger partial charge is 0.0777 e. The topological polar surface area (TPSA) is 38.7 Å². The Labute approximate surface area is 82.1 Å². The summed E-state index contributed by atoms with van der Waals surface area (Å²) >= 11 is 0. The van der Waals surface area contributed by atoms with Gasteiger partial charge in [0.1, 0.15) is 0 Å². The van der Waals surface area contributed by atoms with Gasteiger partial charge in [-0.15, -0.1) is 0 Å². The first-order chi connectivity index (χ1) is 6.08. The summed E-state index contributed by atoms with van der Waals surface area (Å²) in [5.74, 6) is 0. The monoisotopic (exact) mass is 192 g/mol. The number of rotatable bonds is 5. The van der Waals surface area contributed by atoms with E-state index in [1.807, 2.05) is 34.6 Å². The molecule has 3 nitrogen and oxygen atoms in total. The number of aliphatic hydroxyl groups is 1. The van der Waals surface area contributed by atoms with Gasteiger partial charge in [0.15, 0.2) is 0 Å². The van der Waals surface area contributed by atoms with Crippen LogP contribution in [0.3, 0.4) is 0 Å². The Kier molecular flexibility index (Phi) is 14.0. The lowest BCUT2D eigenvalue weighted by Gasteiger charge is -2.04. The first-order valence-corrected chi connectivity index (χ1v) is 4.92. The summed E-state index contributed by atoms with van der Waals surface area (Å²) in [6.07, 6.45) is 0.403. The Morgan fingerprint density at radius 2 is 1.46 bits per heavy atom. The van der Waals surface area contributed by atoms with Crippen molar-refractivity contribution in [2.24, 2.45) is 0 Å². The van der Waals surface area contributed by atoms with Crippen LogP contribution in [0.15, 0.2) is 0 Å². The molecule has 0 bridgehead atoms. The van der Waals surface area contributed by atoms with Crippen molar-refractivity contribution in [2.75, 3.05) is 19.8 Å². The fourth-order valence-electron chi connectivity index (χ4n) is 0.671. The molecule has 0 fully saturated rings. The average Bonchev–Trinajstić information content (AvgIpc) is 2.05. The van der Waals surface area contributed by atoms with Crippen LogP contribution in [0, 0.1) is 0 Å². The van der Waals surface area contributed by atoms with E-state index in [1.165, 1.54) is 0 Å². The molecule has 0 saturated carbocycles. The lowest BCUT2D eigenvalue weighted by molar-refractivity contribution is 0.0325. The van der Waals surface area contributed by atoms with E-state index in [4.69, 9.17) is 14.6 Å². The van der Waals surface area contributed by atoms with Crippen LogP contribution in [0.4, 0.5) is 0 Å². The SMILES string of the molecule is CCOC(C)C.CCOC(C)CO. The normalized spacial score (nSPS) is 12.2. The summed E-state index contributed by atoms with van der Waals surface area (Å²) in [7, 11) is 0. The van der Waals surface area contributed by atoms with Crippen molar-refractivity contribution < 1.29 is 14.6 Å². The highest BCUT2D eigenvalue weighted by Gasteiger charge is 1.93. The van der Waals surface area contributed by atoms with Crippen molar-refractivity contribution in [1.82, 2.24) is 0 Å². The molecule has 13 heavy (non-hydrogen) atoms. The van der Waals surface area contributed by atoms with Crippen LogP contribution >= 0.6 is 0 Å². The lowest BCUT2D eigenvalue weighted by Crippen LogP contribution is -2.11. The van der Waals surface area contributed by atoms with Crippen LogP contribution in [-0.4, -0.2) is 37.1 Å². The number of hydrogen-bond donors (Lipinski definition) is 1. The third-order valence-electron chi connectivity index (χ3n) is 1.21. The summed E-state index contributed by atoms with van der Waals surface area (Å²) in [6.45, 7) is 11.4. The third kappa shape index (κ3) is 18.7. The highest BCUT2D eigenvalue weighted by molar-refractivity contribution is 4.40. The molecule has 0 saturated heterocycles. The van der Waals surface area contributed by atoms with Crippen LogP contribution in [0.25, 0.3) is 0 Å². The molecule has 1 atom stereocenters. The van der Waals surface area contributed by atoms with Crippen molar-refractivity contribution in [3.05, 3.63) is 0 Å². The minimum Gasteiger partial charge on any atom is -0.394 e. The van der Waals surface area contributed by atoms with Gasteiger partial charge >= 0.3 is 0 Å². The standard InChI is InChI=1S/C5H12O2.C5H12O/c1-3-7-5(2)4-6;1-4-6-5(2)3/h5-6H,3-4H2,1-2H3;5H,4H2,1-3H3. The second kappa shape index (κ2) is 11.9. The molecular weight excluding hydrogens is 168 g/mol. The zero-order chi connectivity index (χ0) is 10.7. The van der Waals surface area contributed by atoms with Gasteiger partial charge in [0.25, 0.3) is 0 Å². The quantitative estimate of drug-likeness (QED) is 0.722. The Hall–Kier alpha value is -0.120. The van der Waals surface area contributed by atoms with E-state index in [0.29, 0.717) is 12.7 Å². The number of ether oxygens (including phenoxy) is 2. The van der Waals surface area contributed by atoms with Gasteiger partial charge < -0.3 is 14.6 Å². The fourth-order valence-corrected chi connectivity index (χ4v) is 0.671. The molecule has 0 aliphatic rings. The summed E-state index contributed by atoms with van der Waals surface area (Å²) in [5, 5.41) is 8.34. The van der Waals surface area contributed by atoms with Gasteiger partial charge in [0.05, 0.1) is 18.8 Å². The van der Waals surface area contributed by atoms with E-state index in [0.717, 1.165) is 6.61 Å². The van der Waals surface area contributed by atoms with Crippen molar-refractivity contribution >= 4 is 0 Å². The molecule has 0 rings (SSSR count). The summed E-state index contributed by atoms with van der Waals surface area (Å²) in [4.78, 5) is 0. The molecule has 0 aromatic heterocycles. The van der Waals surface area contributed by atoms with E-state index < -0.39 is 0 Å². The Bertz CT molecular complexity index is 84.2. The van der Waals surface area contributed by atoms with Gasteiger partial charge in [0, 0.05) is 13.2 Å². The maximum atomic E-state index is 8.34. The predicted molar refractivity (Wildman–Crippen MR) is 54.9 cm³/mol. The van der Waals surface area contributed by atoms with Gasteiger partial charge in [-0.2, -0.15) is 0 Å². The largest absolute Gasteiger partial charge is 0.394 e. The molecule has 0 spiro atoms. The second-order valence-corrected chi connectivity index (χ2v) is 2.95. The molecule has 3 heteroatoms. The molecule has 1 N–H and O–H groups in total. The zero-order valence-electron chi connectivity index (χ0n) is 9.54. The van der Waals surface area contributed by atoms with Crippen LogP contribution < -0.4 is 0 Å². The molecular formula is C10H24O3. The second-order valence-electron chi connectivity index (χ2n) is 2.95. The number of hydrogen-bond acceptors (Lipinski definition) is 3. The molecule has 82 valence electrons. The molecule has 1 unspecified atom stereocenters. The Balaban J connectivity index is 0. The van der Waals surface area contributed by atoms with E-state index in [9.17, 15) is 0 Å². The first-order valence-electron chi connectivity index (χ1n) is 4.92. The molecule has 0 radical (unpaired) electrons. The van der Waals surface area contributed by atoms with Crippen LogP contribution in [0.2, 0.25) is 0 Å². The molecule has 0 heterocycles. The van der Waals surface area contributed by atoms with Gasteiger partial charge in [0.2, 0.25) is 0 Å². The Morgan fingerprint density at radius 1 is 1.00 bits per heavy atom. The summed E-state index contributed by atoms with van der Waals surface area (Å²) < 4.78 is 9.98. The van der Waals surface area contributed by atoms with Crippen LogP contribution in [-0.2, 0) is 9.47 Å². The van der Waals surface area contributed by atoms with E-state index >= 15 is 0 Å². The van der Waals surface area contributed by atoms with Crippen LogP contribution in [0.5, 0.6) is 0 Å². The maximum Gasteiger partial charge on any atom is 0.0777 e. The van der Waals surface area contributed by atoms with E-state index in [2.05, 4.69) is 0 Å². The summed E-state index contributed by atoms with van der Waals surface area (Å²) in [5.41, 5.74) is 0. The molecule has 0 aliphatic carbocycles. The Morgan fingerprint density at radius 3 is 1.54 bits per heavy atom. The molecule has 0 aromatic rings. The van der Waals surface area contributed by atoms with Crippen molar-refractivity contribution in [3.63, 3.8) is 0 Å². The van der Waals surface area contributed by atoms with Crippen molar-refractivity contribution in [2.45, 2.75) is 46.8 Å². The minimum atomic E-state index is 0.00463. The van der Waals surface area contributed by atoms with Gasteiger partial charge in [-0.3, -0.25) is 0 Å². The van der Waals surface area contributed by atoms with E-state index in [1.54, 1.807) is 0 Å².